The molecule has 26 heavy (non-hydrogen) atoms. The highest BCUT2D eigenvalue weighted by atomic mass is 15.2. The lowest BCUT2D eigenvalue weighted by molar-refractivity contribution is 0.959. The molecular weight excluding hydrogens is 328 g/mol. The fourth-order valence-corrected chi connectivity index (χ4v) is 3.09. The second-order valence-corrected chi connectivity index (χ2v) is 6.54. The summed E-state index contributed by atoms with van der Waals surface area (Å²) < 4.78 is 0. The Labute approximate surface area is 149 Å². The highest BCUT2D eigenvalue weighted by molar-refractivity contribution is 6.05. The Balaban J connectivity index is 1.27. The largest absolute Gasteiger partial charge is 0.350 e. The number of imidazole rings is 1. The second-order valence-electron chi connectivity index (χ2n) is 6.54. The predicted octanol–water partition coefficient (Wildman–Crippen LogP) is 2.52. The van der Waals surface area contributed by atoms with Gasteiger partial charge in [0.1, 0.15) is 11.7 Å². The van der Waals surface area contributed by atoms with Crippen LogP contribution in [0.4, 0.5) is 11.8 Å². The van der Waals surface area contributed by atoms with Crippen molar-refractivity contribution in [3.8, 4) is 0 Å². The maximum Gasteiger partial charge on any atom is 0.224 e. The average Bonchev–Trinajstić information content (AvgIpc) is 3.21. The summed E-state index contributed by atoms with van der Waals surface area (Å²) in [7, 11) is 0. The number of fused-ring (bicyclic) bond motifs is 1. The van der Waals surface area contributed by atoms with E-state index in [1.165, 1.54) is 18.4 Å². The number of aromatic nitrogens is 5. The van der Waals surface area contributed by atoms with Crippen LogP contribution in [-0.4, -0.2) is 37.3 Å². The van der Waals surface area contributed by atoms with Crippen molar-refractivity contribution in [3.63, 3.8) is 0 Å². The molecular formula is C18H18N8. The number of nitrogens with one attached hydrogen (secondary N) is 3. The Morgan fingerprint density at radius 3 is 3.08 bits per heavy atom. The summed E-state index contributed by atoms with van der Waals surface area (Å²) in [5, 5.41) is 6.50. The van der Waals surface area contributed by atoms with Crippen LogP contribution >= 0.6 is 0 Å². The molecule has 1 aliphatic heterocycles. The topological polar surface area (TPSA) is 104 Å². The standard InChI is InChI=1S/C18H18N8/c1-2-11(1)12-5-16(21-7-12)25-15-3-4-20-18(26-15)22-8-13-6-19-9-14-17(13)24-10-23-14/h3-6,9-11H,1-2,7-8H2,(H,23,24)(H2,20,21,22,25,26). The molecule has 8 heteroatoms. The van der Waals surface area contributed by atoms with Crippen molar-refractivity contribution in [1.82, 2.24) is 24.9 Å². The van der Waals surface area contributed by atoms with Gasteiger partial charge in [0, 0.05) is 24.5 Å². The highest BCUT2D eigenvalue weighted by Crippen LogP contribution is 2.37. The van der Waals surface area contributed by atoms with Gasteiger partial charge in [-0.1, -0.05) is 0 Å². The minimum atomic E-state index is 0.547. The molecule has 0 spiro atoms. The summed E-state index contributed by atoms with van der Waals surface area (Å²) in [6.45, 7) is 1.36. The first-order valence-corrected chi connectivity index (χ1v) is 8.70. The quantitative estimate of drug-likeness (QED) is 0.656. The molecule has 0 aromatic carbocycles. The van der Waals surface area contributed by atoms with Crippen LogP contribution in [0.15, 0.2) is 47.6 Å². The SMILES string of the molecule is C1=C(C2CC2)CN=C1Nc1ccnc(NCc2cncc3[nH]cnc23)n1. The third kappa shape index (κ3) is 3.01. The number of aromatic amines is 1. The van der Waals surface area contributed by atoms with Crippen molar-refractivity contribution in [1.29, 1.82) is 0 Å². The third-order valence-corrected chi connectivity index (χ3v) is 4.61. The molecule has 0 atom stereocenters. The van der Waals surface area contributed by atoms with E-state index in [0.717, 1.165) is 40.7 Å². The summed E-state index contributed by atoms with van der Waals surface area (Å²) >= 11 is 0. The van der Waals surface area contributed by atoms with Crippen LogP contribution in [-0.2, 0) is 6.54 Å². The van der Waals surface area contributed by atoms with Gasteiger partial charge in [0.2, 0.25) is 5.95 Å². The minimum Gasteiger partial charge on any atom is -0.350 e. The molecule has 2 aliphatic rings. The summed E-state index contributed by atoms with van der Waals surface area (Å²) in [5.74, 6) is 2.90. The molecule has 1 fully saturated rings. The number of rotatable bonds is 5. The van der Waals surface area contributed by atoms with Crippen LogP contribution in [0.1, 0.15) is 18.4 Å². The van der Waals surface area contributed by atoms with Gasteiger partial charge < -0.3 is 15.6 Å². The summed E-state index contributed by atoms with van der Waals surface area (Å²) in [6, 6.07) is 1.84. The van der Waals surface area contributed by atoms with E-state index in [0.29, 0.717) is 12.5 Å². The average molecular weight is 346 g/mol. The number of nitrogens with zero attached hydrogens (tertiary/aromatic N) is 5. The van der Waals surface area contributed by atoms with Crippen LogP contribution in [0.2, 0.25) is 0 Å². The Hall–Kier alpha value is -3.29. The van der Waals surface area contributed by atoms with E-state index >= 15 is 0 Å². The van der Waals surface area contributed by atoms with Crippen molar-refractivity contribution in [2.75, 3.05) is 17.2 Å². The molecule has 8 nitrogen and oxygen atoms in total. The van der Waals surface area contributed by atoms with E-state index in [9.17, 15) is 0 Å². The fraction of sp³-hybridized carbons (Fsp3) is 0.278. The predicted molar refractivity (Wildman–Crippen MR) is 100.0 cm³/mol. The number of pyridine rings is 1. The van der Waals surface area contributed by atoms with Gasteiger partial charge in [-0.2, -0.15) is 4.98 Å². The molecule has 3 aromatic heterocycles. The first-order chi connectivity index (χ1) is 12.8. The van der Waals surface area contributed by atoms with Crippen molar-refractivity contribution in [2.24, 2.45) is 10.9 Å². The molecule has 5 rings (SSSR count). The van der Waals surface area contributed by atoms with Gasteiger partial charge >= 0.3 is 0 Å². The van der Waals surface area contributed by atoms with E-state index < -0.39 is 0 Å². The maximum absolute atomic E-state index is 4.54. The molecule has 3 aromatic rings. The first kappa shape index (κ1) is 15.0. The zero-order valence-electron chi connectivity index (χ0n) is 14.1. The zero-order chi connectivity index (χ0) is 17.3. The van der Waals surface area contributed by atoms with Gasteiger partial charge in [-0.15, -0.1) is 0 Å². The number of anilines is 2. The van der Waals surface area contributed by atoms with E-state index in [1.807, 2.05) is 6.07 Å². The van der Waals surface area contributed by atoms with E-state index in [1.54, 1.807) is 24.9 Å². The van der Waals surface area contributed by atoms with Crippen LogP contribution in [0.5, 0.6) is 0 Å². The van der Waals surface area contributed by atoms with Crippen LogP contribution < -0.4 is 10.6 Å². The summed E-state index contributed by atoms with van der Waals surface area (Å²) in [4.78, 5) is 25.0. The first-order valence-electron chi connectivity index (χ1n) is 8.70. The highest BCUT2D eigenvalue weighted by Gasteiger charge is 2.27. The van der Waals surface area contributed by atoms with E-state index in [4.69, 9.17) is 0 Å². The Kier molecular flexibility index (Phi) is 3.59. The van der Waals surface area contributed by atoms with Crippen molar-refractivity contribution < 1.29 is 0 Å². The summed E-state index contributed by atoms with van der Waals surface area (Å²) in [6.07, 6.45) is 11.7. The smallest absolute Gasteiger partial charge is 0.224 e. The van der Waals surface area contributed by atoms with Crippen molar-refractivity contribution >= 4 is 28.6 Å². The van der Waals surface area contributed by atoms with Crippen LogP contribution in [0.3, 0.4) is 0 Å². The zero-order valence-corrected chi connectivity index (χ0v) is 14.1. The van der Waals surface area contributed by atoms with Gasteiger partial charge in [-0.25, -0.2) is 9.97 Å². The second kappa shape index (κ2) is 6.21. The lowest BCUT2D eigenvalue weighted by Gasteiger charge is -2.08. The Bertz CT molecular complexity index is 1010. The molecule has 0 bridgehead atoms. The van der Waals surface area contributed by atoms with Crippen molar-refractivity contribution in [3.05, 3.63) is 48.2 Å². The molecule has 3 N–H and O–H groups in total. The number of H-pyrrole nitrogens is 1. The number of hydrogen-bond acceptors (Lipinski definition) is 7. The van der Waals surface area contributed by atoms with E-state index in [-0.39, 0.29) is 0 Å². The molecule has 0 radical (unpaired) electrons. The third-order valence-electron chi connectivity index (χ3n) is 4.61. The molecule has 0 amide bonds. The normalized spacial score (nSPS) is 16.5. The summed E-state index contributed by atoms with van der Waals surface area (Å²) in [5.41, 5.74) is 4.24. The monoisotopic (exact) mass is 346 g/mol. The van der Waals surface area contributed by atoms with E-state index in [2.05, 4.69) is 46.6 Å². The van der Waals surface area contributed by atoms with Gasteiger partial charge in [-0.3, -0.25) is 9.98 Å². The molecule has 0 saturated heterocycles. The van der Waals surface area contributed by atoms with Gasteiger partial charge in [-0.05, 0) is 36.5 Å². The molecule has 4 heterocycles. The number of aliphatic imine (C=N–C) groups is 1. The molecule has 1 aliphatic carbocycles. The molecule has 1 saturated carbocycles. The number of hydrogen-bond donors (Lipinski definition) is 3. The Morgan fingerprint density at radius 1 is 1.19 bits per heavy atom. The van der Waals surface area contributed by atoms with Crippen LogP contribution in [0.25, 0.3) is 11.0 Å². The van der Waals surface area contributed by atoms with Crippen molar-refractivity contribution in [2.45, 2.75) is 19.4 Å². The van der Waals surface area contributed by atoms with Crippen LogP contribution in [0, 0.1) is 5.92 Å². The minimum absolute atomic E-state index is 0.547. The molecule has 0 unspecified atom stereocenters. The fourth-order valence-electron chi connectivity index (χ4n) is 3.09. The van der Waals surface area contributed by atoms with Gasteiger partial charge in [0.25, 0.3) is 0 Å². The number of amidine groups is 1. The van der Waals surface area contributed by atoms with Gasteiger partial charge in [0.05, 0.1) is 30.1 Å². The molecule has 130 valence electrons. The lowest BCUT2D eigenvalue weighted by atomic mass is 10.2. The van der Waals surface area contributed by atoms with Gasteiger partial charge in [0.15, 0.2) is 0 Å². The maximum atomic E-state index is 4.54. The Morgan fingerprint density at radius 2 is 2.15 bits per heavy atom. The lowest BCUT2D eigenvalue weighted by Crippen LogP contribution is -2.11.